The average Bonchev–Trinajstić information content (AvgIpc) is 3.45. The van der Waals surface area contributed by atoms with Gasteiger partial charge in [-0.3, -0.25) is 0 Å². The van der Waals surface area contributed by atoms with Crippen molar-refractivity contribution < 1.29 is 23.8 Å². The van der Waals surface area contributed by atoms with Crippen LogP contribution >= 0.6 is 0 Å². The molecule has 1 amide bonds. The molecule has 0 bridgehead atoms. The summed E-state index contributed by atoms with van der Waals surface area (Å²) in [5.41, 5.74) is 5.54. The number of carbonyl (C=O) groups excluding carboxylic acids is 1. The molecule has 4 aromatic rings. The van der Waals surface area contributed by atoms with Gasteiger partial charge in [0.1, 0.15) is 18.5 Å². The molecule has 2 N–H and O–H groups in total. The first kappa shape index (κ1) is 22.4. The van der Waals surface area contributed by atoms with E-state index < -0.39 is 23.9 Å². The highest BCUT2D eigenvalue weighted by atomic mass is 19.1. The van der Waals surface area contributed by atoms with E-state index >= 15 is 0 Å². The summed E-state index contributed by atoms with van der Waals surface area (Å²) in [4.78, 5) is 24.5. The van der Waals surface area contributed by atoms with Gasteiger partial charge in [-0.15, -0.1) is 0 Å². The van der Waals surface area contributed by atoms with Crippen LogP contribution in [0.25, 0.3) is 16.8 Å². The molecule has 1 unspecified atom stereocenters. The highest BCUT2D eigenvalue weighted by Crippen LogP contribution is 2.44. The molecule has 1 aliphatic carbocycles. The molecule has 176 valence electrons. The second-order valence-electron chi connectivity index (χ2n) is 8.41. The second-order valence-corrected chi connectivity index (χ2v) is 8.41. The molecule has 7 heteroatoms. The Hall–Kier alpha value is -4.39. The van der Waals surface area contributed by atoms with Crippen molar-refractivity contribution in [3.05, 3.63) is 114 Å². The molecule has 0 saturated carbocycles. The number of benzene rings is 3. The third-order valence-corrected chi connectivity index (χ3v) is 6.27. The quantitative estimate of drug-likeness (QED) is 0.391. The molecule has 1 aliphatic rings. The van der Waals surface area contributed by atoms with Crippen LogP contribution in [0.3, 0.4) is 0 Å². The van der Waals surface area contributed by atoms with Gasteiger partial charge in [0.25, 0.3) is 0 Å². The number of nitrogens with one attached hydrogen (secondary N) is 1. The molecule has 0 spiro atoms. The Balaban J connectivity index is 1.28. The first-order valence-electron chi connectivity index (χ1n) is 11.3. The summed E-state index contributed by atoms with van der Waals surface area (Å²) in [6, 6.07) is 24.2. The van der Waals surface area contributed by atoms with E-state index in [1.54, 1.807) is 35.0 Å². The van der Waals surface area contributed by atoms with Crippen LogP contribution < -0.4 is 5.32 Å². The summed E-state index contributed by atoms with van der Waals surface area (Å²) in [6.07, 6.45) is 0.919. The lowest BCUT2D eigenvalue weighted by molar-refractivity contribution is -0.139. The number of carboxylic acid groups (broad SMARTS) is 1. The molecular weight excluding hydrogens is 447 g/mol. The Morgan fingerprint density at radius 2 is 1.63 bits per heavy atom. The summed E-state index contributed by atoms with van der Waals surface area (Å²) in [6.45, 7) is 0.0892. The molecule has 6 nitrogen and oxygen atoms in total. The maximum Gasteiger partial charge on any atom is 0.407 e. The van der Waals surface area contributed by atoms with Gasteiger partial charge in [-0.25, -0.2) is 14.0 Å². The summed E-state index contributed by atoms with van der Waals surface area (Å²) >= 11 is 0. The minimum Gasteiger partial charge on any atom is -0.480 e. The number of carboxylic acids is 1. The van der Waals surface area contributed by atoms with Crippen LogP contribution in [0, 0.1) is 5.82 Å². The molecule has 3 aromatic carbocycles. The first-order chi connectivity index (χ1) is 17.0. The Morgan fingerprint density at radius 3 is 2.29 bits per heavy atom. The number of aliphatic carboxylic acids is 1. The second kappa shape index (κ2) is 9.46. The highest BCUT2D eigenvalue weighted by Gasteiger charge is 2.30. The fourth-order valence-corrected chi connectivity index (χ4v) is 4.65. The lowest BCUT2D eigenvalue weighted by Gasteiger charge is -2.18. The van der Waals surface area contributed by atoms with E-state index in [4.69, 9.17) is 4.74 Å². The van der Waals surface area contributed by atoms with Crippen molar-refractivity contribution in [3.63, 3.8) is 0 Å². The van der Waals surface area contributed by atoms with Crippen LogP contribution in [-0.2, 0) is 16.0 Å². The molecule has 1 atom stereocenters. The third-order valence-electron chi connectivity index (χ3n) is 6.27. The summed E-state index contributed by atoms with van der Waals surface area (Å²) < 4.78 is 20.9. The third kappa shape index (κ3) is 4.53. The first-order valence-corrected chi connectivity index (χ1v) is 11.3. The predicted molar refractivity (Wildman–Crippen MR) is 129 cm³/mol. The van der Waals surface area contributed by atoms with E-state index in [-0.39, 0.29) is 18.9 Å². The number of aromatic nitrogens is 1. The smallest absolute Gasteiger partial charge is 0.407 e. The van der Waals surface area contributed by atoms with Crippen LogP contribution in [0.1, 0.15) is 22.7 Å². The number of nitrogens with zero attached hydrogens (tertiary/aromatic N) is 1. The summed E-state index contributed by atoms with van der Waals surface area (Å²) in [7, 11) is 0. The van der Waals surface area contributed by atoms with Crippen molar-refractivity contribution >= 4 is 12.1 Å². The van der Waals surface area contributed by atoms with E-state index in [1.807, 2.05) is 48.5 Å². The maximum absolute atomic E-state index is 13.7. The van der Waals surface area contributed by atoms with Gasteiger partial charge in [-0.1, -0.05) is 54.6 Å². The predicted octanol–water partition coefficient (Wildman–Crippen LogP) is 5.15. The zero-order valence-electron chi connectivity index (χ0n) is 18.7. The number of ether oxygens (including phenoxy) is 1. The molecule has 0 fully saturated rings. The topological polar surface area (TPSA) is 80.6 Å². The Kier molecular flexibility index (Phi) is 6.06. The number of hydrogen-bond acceptors (Lipinski definition) is 3. The maximum atomic E-state index is 13.7. The Labute approximate surface area is 201 Å². The van der Waals surface area contributed by atoms with Crippen molar-refractivity contribution in [2.75, 3.05) is 6.61 Å². The van der Waals surface area contributed by atoms with Crippen molar-refractivity contribution in [2.45, 2.75) is 18.4 Å². The van der Waals surface area contributed by atoms with Gasteiger partial charge in [-0.2, -0.15) is 0 Å². The van der Waals surface area contributed by atoms with Gasteiger partial charge in [0.2, 0.25) is 0 Å². The van der Waals surface area contributed by atoms with Crippen LogP contribution in [0.4, 0.5) is 9.18 Å². The molecule has 1 heterocycles. The Bertz CT molecular complexity index is 1350. The zero-order chi connectivity index (χ0) is 24.4. The SMILES string of the molecule is O=C(NC(Cc1cccn1-c1cccc(F)c1)C(=O)O)OCC1c2ccccc2-c2ccccc21. The fourth-order valence-electron chi connectivity index (χ4n) is 4.65. The summed E-state index contributed by atoms with van der Waals surface area (Å²) in [5.74, 6) is -1.71. The molecule has 5 rings (SSSR count). The van der Waals surface area contributed by atoms with Gasteiger partial charge in [0.05, 0.1) is 0 Å². The lowest BCUT2D eigenvalue weighted by atomic mass is 9.98. The van der Waals surface area contributed by atoms with Gasteiger partial charge in [0.15, 0.2) is 0 Å². The van der Waals surface area contributed by atoms with Gasteiger partial charge >= 0.3 is 12.1 Å². The van der Waals surface area contributed by atoms with Crippen LogP contribution in [0.2, 0.25) is 0 Å². The van der Waals surface area contributed by atoms with Crippen molar-refractivity contribution in [3.8, 4) is 16.8 Å². The number of amides is 1. The normalized spacial score (nSPS) is 13.1. The van der Waals surface area contributed by atoms with Gasteiger partial charge < -0.3 is 19.7 Å². The van der Waals surface area contributed by atoms with E-state index in [0.29, 0.717) is 11.4 Å². The molecule has 35 heavy (non-hydrogen) atoms. The minimum absolute atomic E-state index is 0.00302. The van der Waals surface area contributed by atoms with Crippen LogP contribution in [0.5, 0.6) is 0 Å². The van der Waals surface area contributed by atoms with Crippen molar-refractivity contribution in [1.82, 2.24) is 9.88 Å². The molecular formula is C28H23FN2O4. The molecule has 0 aliphatic heterocycles. The number of alkyl carbamates (subject to hydrolysis) is 1. The minimum atomic E-state index is -1.21. The largest absolute Gasteiger partial charge is 0.480 e. The molecule has 0 saturated heterocycles. The number of rotatable bonds is 7. The van der Waals surface area contributed by atoms with E-state index in [1.165, 1.54) is 12.1 Å². The number of halogens is 1. The number of carbonyl (C=O) groups is 2. The van der Waals surface area contributed by atoms with Gasteiger partial charge in [-0.05, 0) is 52.6 Å². The standard InChI is InChI=1S/C28H23FN2O4/c29-18-7-5-8-19(15-18)31-14-6-9-20(31)16-26(27(32)33)30-28(34)35-17-25-23-12-3-1-10-21(23)22-11-2-4-13-24(22)25/h1-15,25-26H,16-17H2,(H,30,34)(H,32,33). The number of hydrogen-bond donors (Lipinski definition) is 2. The average molecular weight is 471 g/mol. The molecule has 0 radical (unpaired) electrons. The van der Waals surface area contributed by atoms with Crippen LogP contribution in [-0.4, -0.2) is 34.4 Å². The Morgan fingerprint density at radius 1 is 0.943 bits per heavy atom. The fraction of sp³-hybridized carbons (Fsp3) is 0.143. The highest BCUT2D eigenvalue weighted by molar-refractivity contribution is 5.81. The lowest BCUT2D eigenvalue weighted by Crippen LogP contribution is -2.43. The monoisotopic (exact) mass is 470 g/mol. The van der Waals surface area contributed by atoms with Gasteiger partial charge in [0, 0.05) is 29.9 Å². The number of fused-ring (bicyclic) bond motifs is 3. The van der Waals surface area contributed by atoms with Crippen molar-refractivity contribution in [2.24, 2.45) is 0 Å². The van der Waals surface area contributed by atoms with E-state index in [9.17, 15) is 19.1 Å². The summed E-state index contributed by atoms with van der Waals surface area (Å²) in [5, 5.41) is 12.2. The van der Waals surface area contributed by atoms with E-state index in [2.05, 4.69) is 5.32 Å². The van der Waals surface area contributed by atoms with Crippen LogP contribution in [0.15, 0.2) is 91.1 Å². The molecule has 1 aromatic heterocycles. The van der Waals surface area contributed by atoms with E-state index in [0.717, 1.165) is 22.3 Å². The zero-order valence-corrected chi connectivity index (χ0v) is 18.7. The van der Waals surface area contributed by atoms with Crippen molar-refractivity contribution in [1.29, 1.82) is 0 Å².